The minimum atomic E-state index is -3.60. The van der Waals surface area contributed by atoms with E-state index >= 15 is 0 Å². The van der Waals surface area contributed by atoms with Gasteiger partial charge in [-0.2, -0.15) is 0 Å². The molecule has 0 aromatic heterocycles. The lowest BCUT2D eigenvalue weighted by Crippen LogP contribution is -2.08. The van der Waals surface area contributed by atoms with Crippen molar-refractivity contribution in [2.75, 3.05) is 4.72 Å². The van der Waals surface area contributed by atoms with Crippen LogP contribution in [0.1, 0.15) is 16.7 Å². The standard InChI is InChI=1S/C22H17NO2S/c24-26(25,17-16-20-10-5-2-6-11-20)23-22-13-7-12-21(18-22)15-14-19-8-3-1-4-9-19/h1-13,16-18,23H/b17-16+. The van der Waals surface area contributed by atoms with Gasteiger partial charge in [-0.1, -0.05) is 66.4 Å². The van der Waals surface area contributed by atoms with E-state index in [4.69, 9.17) is 0 Å². The molecule has 0 bridgehead atoms. The third-order valence-electron chi connectivity index (χ3n) is 3.49. The van der Waals surface area contributed by atoms with E-state index in [0.717, 1.165) is 22.1 Å². The summed E-state index contributed by atoms with van der Waals surface area (Å²) >= 11 is 0. The molecule has 0 saturated carbocycles. The first kappa shape index (κ1) is 17.5. The molecule has 0 fully saturated rings. The van der Waals surface area contributed by atoms with Crippen molar-refractivity contribution in [3.63, 3.8) is 0 Å². The summed E-state index contributed by atoms with van der Waals surface area (Å²) in [7, 11) is -3.60. The Morgan fingerprint density at radius 2 is 1.35 bits per heavy atom. The second-order valence-corrected chi connectivity index (χ2v) is 7.12. The minimum Gasteiger partial charge on any atom is -0.280 e. The summed E-state index contributed by atoms with van der Waals surface area (Å²) in [5, 5.41) is 1.16. The maximum Gasteiger partial charge on any atom is 0.255 e. The van der Waals surface area contributed by atoms with Crippen LogP contribution in [-0.2, 0) is 10.0 Å². The quantitative estimate of drug-likeness (QED) is 0.697. The zero-order valence-electron chi connectivity index (χ0n) is 14.0. The number of rotatable bonds is 4. The molecule has 0 aliphatic rings. The molecule has 0 heterocycles. The van der Waals surface area contributed by atoms with Gasteiger partial charge in [0.15, 0.2) is 0 Å². The van der Waals surface area contributed by atoms with Crippen molar-refractivity contribution in [1.82, 2.24) is 0 Å². The highest BCUT2D eigenvalue weighted by Crippen LogP contribution is 2.13. The molecule has 26 heavy (non-hydrogen) atoms. The molecule has 0 radical (unpaired) electrons. The van der Waals surface area contributed by atoms with Crippen LogP contribution in [0, 0.1) is 11.8 Å². The summed E-state index contributed by atoms with van der Waals surface area (Å²) in [5.41, 5.74) is 2.94. The Morgan fingerprint density at radius 3 is 2.08 bits per heavy atom. The minimum absolute atomic E-state index is 0.475. The number of hydrogen-bond donors (Lipinski definition) is 1. The molecule has 0 aliphatic carbocycles. The lowest BCUT2D eigenvalue weighted by molar-refractivity contribution is 0.609. The Hall–Kier alpha value is -3.29. The third-order valence-corrected chi connectivity index (χ3v) is 4.50. The fourth-order valence-corrected chi connectivity index (χ4v) is 3.12. The number of nitrogens with one attached hydrogen (secondary N) is 1. The van der Waals surface area contributed by atoms with Crippen LogP contribution in [0.25, 0.3) is 6.08 Å². The van der Waals surface area contributed by atoms with Crippen LogP contribution in [0.3, 0.4) is 0 Å². The van der Waals surface area contributed by atoms with Gasteiger partial charge in [-0.3, -0.25) is 4.72 Å². The summed E-state index contributed by atoms with van der Waals surface area (Å²) in [6.07, 6.45) is 1.56. The van der Waals surface area contributed by atoms with E-state index in [1.165, 1.54) is 0 Å². The Kier molecular flexibility index (Phi) is 5.52. The van der Waals surface area contributed by atoms with E-state index < -0.39 is 10.0 Å². The molecule has 0 spiro atoms. The Balaban J connectivity index is 1.74. The molecular formula is C22H17NO2S. The molecule has 0 unspecified atom stereocenters. The highest BCUT2D eigenvalue weighted by Gasteiger charge is 2.05. The van der Waals surface area contributed by atoms with Gasteiger partial charge in [0.1, 0.15) is 0 Å². The predicted molar refractivity (Wildman–Crippen MR) is 107 cm³/mol. The van der Waals surface area contributed by atoms with Crippen LogP contribution in [0.2, 0.25) is 0 Å². The number of hydrogen-bond acceptors (Lipinski definition) is 2. The fourth-order valence-electron chi connectivity index (χ4n) is 2.26. The molecule has 0 aliphatic heterocycles. The van der Waals surface area contributed by atoms with E-state index in [9.17, 15) is 8.42 Å². The van der Waals surface area contributed by atoms with Gasteiger partial charge in [0.25, 0.3) is 10.0 Å². The summed E-state index contributed by atoms with van der Waals surface area (Å²) in [6.45, 7) is 0. The highest BCUT2D eigenvalue weighted by atomic mass is 32.2. The fraction of sp³-hybridized carbons (Fsp3) is 0. The SMILES string of the molecule is O=S(=O)(/C=C/c1ccccc1)Nc1cccc(C#Cc2ccccc2)c1. The van der Waals surface area contributed by atoms with E-state index in [1.807, 2.05) is 66.7 Å². The lowest BCUT2D eigenvalue weighted by Gasteiger charge is -2.04. The first-order valence-corrected chi connectivity index (χ1v) is 9.58. The van der Waals surface area contributed by atoms with Crippen molar-refractivity contribution in [3.8, 4) is 11.8 Å². The second kappa shape index (κ2) is 8.19. The monoisotopic (exact) mass is 359 g/mol. The van der Waals surface area contributed by atoms with Gasteiger partial charge in [-0.25, -0.2) is 8.42 Å². The average molecular weight is 359 g/mol. The predicted octanol–water partition coefficient (Wildman–Crippen LogP) is 4.50. The van der Waals surface area contributed by atoms with Crippen molar-refractivity contribution < 1.29 is 8.42 Å². The van der Waals surface area contributed by atoms with Gasteiger partial charge in [-0.15, -0.1) is 0 Å². The molecule has 3 aromatic carbocycles. The third kappa shape index (κ3) is 5.37. The van der Waals surface area contributed by atoms with Gasteiger partial charge in [-0.05, 0) is 42.0 Å². The molecule has 0 saturated heterocycles. The zero-order valence-corrected chi connectivity index (χ0v) is 14.8. The molecule has 3 nitrogen and oxygen atoms in total. The van der Waals surface area contributed by atoms with Crippen molar-refractivity contribution in [1.29, 1.82) is 0 Å². The largest absolute Gasteiger partial charge is 0.280 e. The van der Waals surface area contributed by atoms with Crippen LogP contribution < -0.4 is 4.72 Å². The first-order chi connectivity index (χ1) is 12.6. The molecule has 3 rings (SSSR count). The maximum absolute atomic E-state index is 12.2. The van der Waals surface area contributed by atoms with E-state index in [-0.39, 0.29) is 0 Å². The lowest BCUT2D eigenvalue weighted by atomic mass is 10.2. The average Bonchev–Trinajstić information content (AvgIpc) is 2.67. The zero-order chi connectivity index (χ0) is 18.2. The van der Waals surface area contributed by atoms with Gasteiger partial charge < -0.3 is 0 Å². The van der Waals surface area contributed by atoms with Gasteiger partial charge in [0, 0.05) is 11.1 Å². The molecule has 1 N–H and O–H groups in total. The first-order valence-electron chi connectivity index (χ1n) is 8.04. The number of anilines is 1. The summed E-state index contributed by atoms with van der Waals surface area (Å²) in [4.78, 5) is 0. The van der Waals surface area contributed by atoms with E-state index in [0.29, 0.717) is 5.69 Å². The Bertz CT molecular complexity index is 1060. The number of benzene rings is 3. The number of sulfonamides is 1. The Morgan fingerprint density at radius 1 is 0.731 bits per heavy atom. The molecule has 128 valence electrons. The second-order valence-electron chi connectivity index (χ2n) is 5.56. The molecule has 3 aromatic rings. The normalized spacial score (nSPS) is 10.9. The smallest absolute Gasteiger partial charge is 0.255 e. The van der Waals surface area contributed by atoms with Gasteiger partial charge in [0.05, 0.1) is 11.1 Å². The van der Waals surface area contributed by atoms with Crippen LogP contribution in [-0.4, -0.2) is 8.42 Å². The van der Waals surface area contributed by atoms with Gasteiger partial charge >= 0.3 is 0 Å². The Labute approximate surface area is 154 Å². The van der Waals surface area contributed by atoms with Crippen molar-refractivity contribution >= 4 is 21.8 Å². The van der Waals surface area contributed by atoms with Crippen LogP contribution in [0.5, 0.6) is 0 Å². The van der Waals surface area contributed by atoms with Crippen LogP contribution >= 0.6 is 0 Å². The summed E-state index contributed by atoms with van der Waals surface area (Å²) in [5.74, 6) is 6.10. The summed E-state index contributed by atoms with van der Waals surface area (Å²) in [6, 6.07) is 25.9. The van der Waals surface area contributed by atoms with Gasteiger partial charge in [0.2, 0.25) is 0 Å². The van der Waals surface area contributed by atoms with Crippen molar-refractivity contribution in [2.24, 2.45) is 0 Å². The molecule has 0 atom stereocenters. The van der Waals surface area contributed by atoms with Crippen LogP contribution in [0.15, 0.2) is 90.3 Å². The summed E-state index contributed by atoms with van der Waals surface area (Å²) < 4.78 is 27.0. The molecular weight excluding hydrogens is 342 g/mol. The van der Waals surface area contributed by atoms with Crippen molar-refractivity contribution in [3.05, 3.63) is 107 Å². The maximum atomic E-state index is 12.2. The molecule has 0 amide bonds. The van der Waals surface area contributed by atoms with E-state index in [2.05, 4.69) is 16.6 Å². The van der Waals surface area contributed by atoms with Crippen LogP contribution in [0.4, 0.5) is 5.69 Å². The van der Waals surface area contributed by atoms with E-state index in [1.54, 1.807) is 24.3 Å². The highest BCUT2D eigenvalue weighted by molar-refractivity contribution is 7.95. The topological polar surface area (TPSA) is 46.2 Å². The molecule has 4 heteroatoms. The van der Waals surface area contributed by atoms with Crippen molar-refractivity contribution in [2.45, 2.75) is 0 Å².